The topological polar surface area (TPSA) is 55.9 Å². The molecule has 0 unspecified atom stereocenters. The predicted molar refractivity (Wildman–Crippen MR) is 130 cm³/mol. The van der Waals surface area contributed by atoms with Crippen molar-refractivity contribution in [2.24, 2.45) is 20.0 Å². The van der Waals surface area contributed by atoms with Crippen LogP contribution in [0.3, 0.4) is 0 Å². The molecular formula is C24H40N6. The molecule has 0 N–H and O–H groups in total. The maximum absolute atomic E-state index is 4.41. The van der Waals surface area contributed by atoms with Crippen LogP contribution in [0.5, 0.6) is 0 Å². The standard InChI is InChI=1S/C15H21N3.C9H19N3/c1-18(2)15-10-8-14(9-11-15)17-12-16-13-6-4-3-5-7-13;1-9(2)11-8-10-6-5-7-12(3)4/h8-11,13H,3-7H2,1-2H3;9H,5-7H2,1-4H3. The molecule has 0 saturated heterocycles. The number of nitrogens with zero attached hydrogens (tertiary/aromatic N) is 6. The predicted octanol–water partition coefficient (Wildman–Crippen LogP) is 5.41. The summed E-state index contributed by atoms with van der Waals surface area (Å²) in [6.45, 7) is 5.94. The fraction of sp³-hybridized carbons (Fsp3) is 0.667. The number of aliphatic imine (C=N–C) groups is 4. The molecule has 0 atom stereocenters. The summed E-state index contributed by atoms with van der Waals surface area (Å²) in [7, 11) is 8.18. The SMILES string of the molecule is CC(C)N=C=NCCCN(C)C.CN(C)c1ccc(N=C=NC2CCCCC2)cc1. The molecule has 1 aliphatic carbocycles. The van der Waals surface area contributed by atoms with Gasteiger partial charge < -0.3 is 9.80 Å². The summed E-state index contributed by atoms with van der Waals surface area (Å²) in [6.07, 6.45) is 7.42. The number of anilines is 1. The third-order valence-corrected chi connectivity index (χ3v) is 4.62. The van der Waals surface area contributed by atoms with E-state index in [1.165, 1.54) is 37.8 Å². The third-order valence-electron chi connectivity index (χ3n) is 4.62. The Kier molecular flexibility index (Phi) is 13.4. The Balaban J connectivity index is 0.000000329. The highest BCUT2D eigenvalue weighted by molar-refractivity contribution is 5.57. The number of hydrogen-bond donors (Lipinski definition) is 0. The van der Waals surface area contributed by atoms with E-state index in [0.29, 0.717) is 12.1 Å². The first-order chi connectivity index (χ1) is 14.4. The molecule has 6 heteroatoms. The van der Waals surface area contributed by atoms with Gasteiger partial charge in [0, 0.05) is 19.8 Å². The minimum atomic E-state index is 0.308. The Morgan fingerprint density at radius 3 is 2.20 bits per heavy atom. The van der Waals surface area contributed by atoms with Crippen molar-refractivity contribution in [3.63, 3.8) is 0 Å². The molecule has 1 aliphatic rings. The molecule has 166 valence electrons. The van der Waals surface area contributed by atoms with E-state index in [2.05, 4.69) is 68.0 Å². The summed E-state index contributed by atoms with van der Waals surface area (Å²) in [5.74, 6) is 0. The lowest BCUT2D eigenvalue weighted by Gasteiger charge is -2.15. The highest BCUT2D eigenvalue weighted by Gasteiger charge is 2.10. The second-order valence-electron chi connectivity index (χ2n) is 8.40. The normalized spacial score (nSPS) is 13.6. The third kappa shape index (κ3) is 13.1. The zero-order chi connectivity index (χ0) is 22.2. The summed E-state index contributed by atoms with van der Waals surface area (Å²) < 4.78 is 0. The Labute approximate surface area is 183 Å². The van der Waals surface area contributed by atoms with Crippen LogP contribution in [0.4, 0.5) is 11.4 Å². The Bertz CT molecular complexity index is 687. The Morgan fingerprint density at radius 2 is 1.63 bits per heavy atom. The van der Waals surface area contributed by atoms with Crippen LogP contribution in [0.25, 0.3) is 0 Å². The smallest absolute Gasteiger partial charge is 0.0951 e. The molecule has 1 saturated carbocycles. The van der Waals surface area contributed by atoms with Gasteiger partial charge in [-0.25, -0.2) is 15.0 Å². The van der Waals surface area contributed by atoms with Crippen LogP contribution in [0.2, 0.25) is 0 Å². The molecule has 0 spiro atoms. The quantitative estimate of drug-likeness (QED) is 0.423. The average Bonchev–Trinajstić information content (AvgIpc) is 2.72. The average molecular weight is 413 g/mol. The van der Waals surface area contributed by atoms with Gasteiger partial charge in [0.2, 0.25) is 0 Å². The van der Waals surface area contributed by atoms with Gasteiger partial charge in [-0.05, 0) is 78.0 Å². The lowest BCUT2D eigenvalue weighted by molar-refractivity contribution is 0.403. The molecule has 0 bridgehead atoms. The van der Waals surface area contributed by atoms with E-state index in [0.717, 1.165) is 25.2 Å². The lowest BCUT2D eigenvalue weighted by Crippen LogP contribution is -2.13. The van der Waals surface area contributed by atoms with E-state index in [1.54, 1.807) is 0 Å². The highest BCUT2D eigenvalue weighted by atomic mass is 15.1. The molecule has 30 heavy (non-hydrogen) atoms. The Hall–Kier alpha value is -2.26. The molecule has 1 aromatic carbocycles. The molecule has 0 radical (unpaired) electrons. The van der Waals surface area contributed by atoms with E-state index in [1.807, 2.05) is 40.1 Å². The number of hydrogen-bond acceptors (Lipinski definition) is 6. The van der Waals surface area contributed by atoms with Crippen molar-refractivity contribution in [1.82, 2.24) is 4.90 Å². The highest BCUT2D eigenvalue weighted by Crippen LogP contribution is 2.20. The zero-order valence-corrected chi connectivity index (χ0v) is 19.8. The van der Waals surface area contributed by atoms with E-state index >= 15 is 0 Å². The van der Waals surface area contributed by atoms with Crippen LogP contribution in [-0.2, 0) is 0 Å². The largest absolute Gasteiger partial charge is 0.378 e. The fourth-order valence-corrected chi connectivity index (χ4v) is 2.88. The van der Waals surface area contributed by atoms with Crippen LogP contribution in [0.15, 0.2) is 44.2 Å². The maximum atomic E-state index is 4.41. The monoisotopic (exact) mass is 412 g/mol. The summed E-state index contributed by atoms with van der Waals surface area (Å²) in [5.41, 5.74) is 2.10. The molecule has 0 aliphatic heterocycles. The maximum Gasteiger partial charge on any atom is 0.0951 e. The van der Waals surface area contributed by atoms with Crippen LogP contribution < -0.4 is 4.90 Å². The van der Waals surface area contributed by atoms with Crippen LogP contribution in [0, 0.1) is 0 Å². The first-order valence-electron chi connectivity index (χ1n) is 11.1. The summed E-state index contributed by atoms with van der Waals surface area (Å²) in [5, 5.41) is 0. The molecule has 2 rings (SSSR count). The zero-order valence-electron chi connectivity index (χ0n) is 19.8. The molecule has 1 aromatic rings. The van der Waals surface area contributed by atoms with Crippen LogP contribution in [-0.4, -0.2) is 70.3 Å². The number of rotatable bonds is 8. The van der Waals surface area contributed by atoms with E-state index in [-0.39, 0.29) is 0 Å². The van der Waals surface area contributed by atoms with Crippen molar-refractivity contribution in [2.75, 3.05) is 46.2 Å². The first kappa shape index (κ1) is 25.8. The van der Waals surface area contributed by atoms with Gasteiger partial charge in [0.05, 0.1) is 36.3 Å². The summed E-state index contributed by atoms with van der Waals surface area (Å²) >= 11 is 0. The van der Waals surface area contributed by atoms with E-state index in [9.17, 15) is 0 Å². The van der Waals surface area contributed by atoms with Gasteiger partial charge in [0.25, 0.3) is 0 Å². The van der Waals surface area contributed by atoms with Crippen molar-refractivity contribution >= 4 is 23.4 Å². The van der Waals surface area contributed by atoms with Crippen molar-refractivity contribution in [3.8, 4) is 0 Å². The van der Waals surface area contributed by atoms with E-state index in [4.69, 9.17) is 0 Å². The fourth-order valence-electron chi connectivity index (χ4n) is 2.88. The molecule has 1 fully saturated rings. The van der Waals surface area contributed by atoms with Crippen molar-refractivity contribution in [2.45, 2.75) is 64.5 Å². The summed E-state index contributed by atoms with van der Waals surface area (Å²) in [4.78, 5) is 20.9. The van der Waals surface area contributed by atoms with Gasteiger partial charge in [-0.2, -0.15) is 4.99 Å². The van der Waals surface area contributed by atoms with Gasteiger partial charge in [-0.1, -0.05) is 19.3 Å². The molecular weight excluding hydrogens is 372 g/mol. The van der Waals surface area contributed by atoms with Gasteiger partial charge >= 0.3 is 0 Å². The first-order valence-corrected chi connectivity index (χ1v) is 11.1. The van der Waals surface area contributed by atoms with E-state index < -0.39 is 0 Å². The number of benzene rings is 1. The second-order valence-corrected chi connectivity index (χ2v) is 8.40. The van der Waals surface area contributed by atoms with Crippen molar-refractivity contribution in [3.05, 3.63) is 24.3 Å². The van der Waals surface area contributed by atoms with Gasteiger partial charge in [-0.15, -0.1) is 0 Å². The molecule has 6 nitrogen and oxygen atoms in total. The minimum absolute atomic E-state index is 0.308. The molecule has 0 aromatic heterocycles. The van der Waals surface area contributed by atoms with Gasteiger partial charge in [0.1, 0.15) is 0 Å². The molecule has 0 heterocycles. The van der Waals surface area contributed by atoms with Gasteiger partial charge in [0.15, 0.2) is 0 Å². The summed E-state index contributed by atoms with van der Waals surface area (Å²) in [6, 6.07) is 14.4. The van der Waals surface area contributed by atoms with Gasteiger partial charge in [-0.3, -0.25) is 0 Å². The van der Waals surface area contributed by atoms with Crippen molar-refractivity contribution in [1.29, 1.82) is 0 Å². The second kappa shape index (κ2) is 15.6. The van der Waals surface area contributed by atoms with Crippen molar-refractivity contribution < 1.29 is 0 Å². The minimum Gasteiger partial charge on any atom is -0.378 e. The Morgan fingerprint density at radius 1 is 0.967 bits per heavy atom. The van der Waals surface area contributed by atoms with Crippen LogP contribution in [0.1, 0.15) is 52.4 Å². The lowest BCUT2D eigenvalue weighted by atomic mass is 9.96. The van der Waals surface area contributed by atoms with Crippen LogP contribution >= 0.6 is 0 Å². The molecule has 0 amide bonds.